The average molecular weight is 371 g/mol. The lowest BCUT2D eigenvalue weighted by atomic mass is 10.1. The maximum absolute atomic E-state index is 12.2. The third-order valence-corrected chi connectivity index (χ3v) is 5.71. The van der Waals surface area contributed by atoms with Crippen LogP contribution in [0.3, 0.4) is 0 Å². The number of carbonyl (C=O) groups excluding carboxylic acids is 1. The molecule has 1 aromatic rings. The minimum absolute atomic E-state index is 0.0563. The summed E-state index contributed by atoms with van der Waals surface area (Å²) in [4.78, 5) is 14.6. The number of thioether (sulfide) groups is 1. The van der Waals surface area contributed by atoms with Crippen LogP contribution in [0.5, 0.6) is 0 Å². The highest BCUT2D eigenvalue weighted by Gasteiger charge is 2.34. The van der Waals surface area contributed by atoms with Crippen LogP contribution in [0.4, 0.5) is 0 Å². The Kier molecular flexibility index (Phi) is 6.80. The molecule has 0 saturated carbocycles. The summed E-state index contributed by atoms with van der Waals surface area (Å²) < 4.78 is 11.0. The number of morpholine rings is 1. The SMILES string of the molecule is O=C(CSCc1ccccc1Cl)N[C@H]1COC[C@@H]1N1CCOCC1. The number of nitrogens with zero attached hydrogens (tertiary/aromatic N) is 1. The van der Waals surface area contributed by atoms with Gasteiger partial charge in [-0.3, -0.25) is 9.69 Å². The second kappa shape index (κ2) is 9.06. The van der Waals surface area contributed by atoms with Crippen molar-refractivity contribution in [3.8, 4) is 0 Å². The van der Waals surface area contributed by atoms with Crippen LogP contribution < -0.4 is 5.32 Å². The van der Waals surface area contributed by atoms with E-state index in [4.69, 9.17) is 21.1 Å². The first-order valence-electron chi connectivity index (χ1n) is 8.24. The molecule has 0 bridgehead atoms. The Hall–Kier alpha value is -0.790. The molecule has 3 rings (SSSR count). The third kappa shape index (κ3) is 4.86. The van der Waals surface area contributed by atoms with E-state index in [1.165, 1.54) is 0 Å². The van der Waals surface area contributed by atoms with E-state index in [2.05, 4.69) is 10.2 Å². The lowest BCUT2D eigenvalue weighted by molar-refractivity contribution is -0.119. The standard InChI is InChI=1S/C17H23ClN2O3S/c18-14-4-2-1-3-13(14)11-24-12-17(21)19-15-9-23-10-16(15)20-5-7-22-8-6-20/h1-4,15-16H,5-12H2,(H,19,21)/t15-,16-/m0/s1. The Morgan fingerprint density at radius 1 is 1.25 bits per heavy atom. The molecule has 2 saturated heterocycles. The van der Waals surface area contributed by atoms with Gasteiger partial charge in [0.1, 0.15) is 0 Å². The number of hydrogen-bond donors (Lipinski definition) is 1. The first-order chi connectivity index (χ1) is 11.7. The van der Waals surface area contributed by atoms with E-state index < -0.39 is 0 Å². The number of ether oxygens (including phenoxy) is 2. The summed E-state index contributed by atoms with van der Waals surface area (Å²) in [5, 5.41) is 3.88. The molecule has 0 aromatic heterocycles. The summed E-state index contributed by atoms with van der Waals surface area (Å²) in [5.74, 6) is 1.22. The Balaban J connectivity index is 1.43. The first-order valence-corrected chi connectivity index (χ1v) is 9.77. The fraction of sp³-hybridized carbons (Fsp3) is 0.588. The number of hydrogen-bond acceptors (Lipinski definition) is 5. The zero-order valence-electron chi connectivity index (χ0n) is 13.6. The predicted octanol–water partition coefficient (Wildman–Crippen LogP) is 1.79. The van der Waals surface area contributed by atoms with Gasteiger partial charge in [0.05, 0.1) is 44.3 Å². The van der Waals surface area contributed by atoms with Crippen molar-refractivity contribution >= 4 is 29.3 Å². The molecule has 132 valence electrons. The molecule has 0 spiro atoms. The van der Waals surface area contributed by atoms with Gasteiger partial charge in [-0.15, -0.1) is 11.8 Å². The second-order valence-electron chi connectivity index (χ2n) is 6.01. The highest BCUT2D eigenvalue weighted by atomic mass is 35.5. The normalized spacial score (nSPS) is 24.9. The molecule has 1 aromatic carbocycles. The highest BCUT2D eigenvalue weighted by molar-refractivity contribution is 7.99. The molecule has 2 atom stereocenters. The van der Waals surface area contributed by atoms with Crippen molar-refractivity contribution in [3.05, 3.63) is 34.9 Å². The van der Waals surface area contributed by atoms with Gasteiger partial charge in [0.2, 0.25) is 5.91 Å². The van der Waals surface area contributed by atoms with Crippen LogP contribution >= 0.6 is 23.4 Å². The van der Waals surface area contributed by atoms with Crippen molar-refractivity contribution in [2.75, 3.05) is 45.3 Å². The fourth-order valence-corrected chi connectivity index (χ4v) is 4.19. The molecule has 5 nitrogen and oxygen atoms in total. The van der Waals surface area contributed by atoms with Crippen LogP contribution in [0.1, 0.15) is 5.56 Å². The molecule has 24 heavy (non-hydrogen) atoms. The molecule has 2 fully saturated rings. The van der Waals surface area contributed by atoms with Gasteiger partial charge in [0, 0.05) is 23.9 Å². The lowest BCUT2D eigenvalue weighted by Gasteiger charge is -2.34. The van der Waals surface area contributed by atoms with Gasteiger partial charge >= 0.3 is 0 Å². The number of halogens is 1. The third-order valence-electron chi connectivity index (χ3n) is 4.36. The molecule has 0 aliphatic carbocycles. The molecule has 0 radical (unpaired) electrons. The summed E-state index contributed by atoms with van der Waals surface area (Å²) >= 11 is 7.71. The van der Waals surface area contributed by atoms with E-state index in [-0.39, 0.29) is 18.0 Å². The van der Waals surface area contributed by atoms with E-state index >= 15 is 0 Å². The van der Waals surface area contributed by atoms with Gasteiger partial charge < -0.3 is 14.8 Å². The van der Waals surface area contributed by atoms with Crippen LogP contribution in [-0.2, 0) is 20.0 Å². The molecule has 2 aliphatic heterocycles. The Morgan fingerprint density at radius 2 is 2.04 bits per heavy atom. The van der Waals surface area contributed by atoms with Crippen molar-refractivity contribution in [1.29, 1.82) is 0 Å². The molecule has 2 aliphatic rings. The fourth-order valence-electron chi connectivity index (χ4n) is 3.07. The zero-order chi connectivity index (χ0) is 16.8. The minimum atomic E-state index is 0.0563. The number of rotatable bonds is 6. The van der Waals surface area contributed by atoms with Crippen LogP contribution in [0.2, 0.25) is 5.02 Å². The monoisotopic (exact) mass is 370 g/mol. The van der Waals surface area contributed by atoms with E-state index in [0.29, 0.717) is 19.0 Å². The van der Waals surface area contributed by atoms with E-state index in [1.807, 2.05) is 24.3 Å². The number of nitrogens with one attached hydrogen (secondary N) is 1. The molecule has 1 amide bonds. The van der Waals surface area contributed by atoms with Crippen LogP contribution in [0, 0.1) is 0 Å². The minimum Gasteiger partial charge on any atom is -0.379 e. The zero-order valence-corrected chi connectivity index (χ0v) is 15.2. The number of amides is 1. The van der Waals surface area contributed by atoms with Crippen molar-refractivity contribution < 1.29 is 14.3 Å². The van der Waals surface area contributed by atoms with Crippen LogP contribution in [0.25, 0.3) is 0 Å². The Labute approximate surface area is 152 Å². The molecule has 7 heteroatoms. The summed E-state index contributed by atoms with van der Waals surface area (Å²) in [6, 6.07) is 8.06. The predicted molar refractivity (Wildman–Crippen MR) is 96.5 cm³/mol. The van der Waals surface area contributed by atoms with Gasteiger partial charge in [-0.2, -0.15) is 0 Å². The smallest absolute Gasteiger partial charge is 0.230 e. The Bertz CT molecular complexity index is 554. The Morgan fingerprint density at radius 3 is 2.83 bits per heavy atom. The molecule has 2 heterocycles. The van der Waals surface area contributed by atoms with Crippen LogP contribution in [-0.4, -0.2) is 68.2 Å². The molecular weight excluding hydrogens is 348 g/mol. The quantitative estimate of drug-likeness (QED) is 0.827. The summed E-state index contributed by atoms with van der Waals surface area (Å²) in [6.07, 6.45) is 0. The van der Waals surface area contributed by atoms with E-state index in [1.54, 1.807) is 11.8 Å². The number of carbonyl (C=O) groups is 1. The maximum atomic E-state index is 12.2. The van der Waals surface area contributed by atoms with Gasteiger partial charge in [0.25, 0.3) is 0 Å². The van der Waals surface area contributed by atoms with Gasteiger partial charge in [-0.05, 0) is 11.6 Å². The first kappa shape index (κ1) is 18.0. The van der Waals surface area contributed by atoms with Crippen molar-refractivity contribution in [2.24, 2.45) is 0 Å². The largest absolute Gasteiger partial charge is 0.379 e. The van der Waals surface area contributed by atoms with E-state index in [0.717, 1.165) is 42.6 Å². The molecule has 1 N–H and O–H groups in total. The molecular formula is C17H23ClN2O3S. The van der Waals surface area contributed by atoms with Crippen LogP contribution in [0.15, 0.2) is 24.3 Å². The van der Waals surface area contributed by atoms with E-state index in [9.17, 15) is 4.79 Å². The topological polar surface area (TPSA) is 50.8 Å². The van der Waals surface area contributed by atoms with Crippen molar-refractivity contribution in [1.82, 2.24) is 10.2 Å². The lowest BCUT2D eigenvalue weighted by Crippen LogP contribution is -2.54. The van der Waals surface area contributed by atoms with Crippen molar-refractivity contribution in [2.45, 2.75) is 17.8 Å². The van der Waals surface area contributed by atoms with Crippen molar-refractivity contribution in [3.63, 3.8) is 0 Å². The second-order valence-corrected chi connectivity index (χ2v) is 7.40. The summed E-state index contributed by atoms with van der Waals surface area (Å²) in [7, 11) is 0. The average Bonchev–Trinajstić information content (AvgIpc) is 3.05. The highest BCUT2D eigenvalue weighted by Crippen LogP contribution is 2.21. The van der Waals surface area contributed by atoms with Gasteiger partial charge in [-0.1, -0.05) is 29.8 Å². The number of benzene rings is 1. The summed E-state index contributed by atoms with van der Waals surface area (Å²) in [5.41, 5.74) is 1.06. The molecule has 0 unspecified atom stereocenters. The van der Waals surface area contributed by atoms with Gasteiger partial charge in [0.15, 0.2) is 0 Å². The summed E-state index contributed by atoms with van der Waals surface area (Å²) in [6.45, 7) is 4.58. The maximum Gasteiger partial charge on any atom is 0.230 e. The van der Waals surface area contributed by atoms with Gasteiger partial charge in [-0.25, -0.2) is 0 Å².